The van der Waals surface area contributed by atoms with Crippen LogP contribution in [0.5, 0.6) is 0 Å². The molecule has 0 saturated carbocycles. The van der Waals surface area contributed by atoms with Gasteiger partial charge in [-0.05, 0) is 19.4 Å². The van der Waals surface area contributed by atoms with Crippen molar-refractivity contribution in [2.45, 2.75) is 26.4 Å². The van der Waals surface area contributed by atoms with Crippen molar-refractivity contribution in [2.24, 2.45) is 7.05 Å². The lowest BCUT2D eigenvalue weighted by atomic mass is 10.1. The Morgan fingerprint density at radius 3 is 2.44 bits per heavy atom. The van der Waals surface area contributed by atoms with E-state index in [1.54, 1.807) is 24.1 Å². The van der Waals surface area contributed by atoms with Gasteiger partial charge in [0.05, 0.1) is 5.69 Å². The summed E-state index contributed by atoms with van der Waals surface area (Å²) < 4.78 is 1.59. The Bertz CT molecular complexity index is 550. The van der Waals surface area contributed by atoms with Gasteiger partial charge in [0.1, 0.15) is 11.3 Å². The zero-order chi connectivity index (χ0) is 13.3. The molecular formula is C12H15ClN4O. The van der Waals surface area contributed by atoms with Crippen LogP contribution in [-0.2, 0) is 13.5 Å². The van der Waals surface area contributed by atoms with E-state index in [0.29, 0.717) is 17.4 Å². The molecule has 18 heavy (non-hydrogen) atoms. The quantitative estimate of drug-likeness (QED) is 0.919. The van der Waals surface area contributed by atoms with Gasteiger partial charge in [-0.25, -0.2) is 9.97 Å². The van der Waals surface area contributed by atoms with Crippen LogP contribution in [0.1, 0.15) is 28.7 Å². The van der Waals surface area contributed by atoms with Crippen molar-refractivity contribution >= 4 is 11.6 Å². The molecule has 0 saturated heterocycles. The smallest absolute Gasteiger partial charge is 0.157 e. The third kappa shape index (κ3) is 2.52. The molecule has 2 heterocycles. The molecule has 0 aliphatic carbocycles. The second kappa shape index (κ2) is 5.04. The monoisotopic (exact) mass is 266 g/mol. The van der Waals surface area contributed by atoms with Gasteiger partial charge < -0.3 is 5.11 Å². The highest BCUT2D eigenvalue weighted by Gasteiger charge is 2.18. The minimum atomic E-state index is -0.772. The maximum Gasteiger partial charge on any atom is 0.157 e. The fourth-order valence-electron chi connectivity index (χ4n) is 1.77. The van der Waals surface area contributed by atoms with Crippen LogP contribution in [0, 0.1) is 13.8 Å². The van der Waals surface area contributed by atoms with E-state index in [0.717, 1.165) is 16.8 Å². The second-order valence-electron chi connectivity index (χ2n) is 4.32. The fraction of sp³-hybridized carbons (Fsp3) is 0.417. The topological polar surface area (TPSA) is 63.8 Å². The first kappa shape index (κ1) is 13.0. The lowest BCUT2D eigenvalue weighted by Crippen LogP contribution is -2.07. The molecule has 96 valence electrons. The highest BCUT2D eigenvalue weighted by Crippen LogP contribution is 2.24. The highest BCUT2D eigenvalue weighted by atomic mass is 35.5. The number of halogens is 1. The molecule has 0 aliphatic heterocycles. The number of aryl methyl sites for hydroxylation is 3. The number of aliphatic hydroxyl groups excluding tert-OH is 1. The van der Waals surface area contributed by atoms with Gasteiger partial charge in [0.25, 0.3) is 0 Å². The van der Waals surface area contributed by atoms with Crippen molar-refractivity contribution < 1.29 is 5.11 Å². The number of rotatable bonds is 3. The Balaban J connectivity index is 2.21. The van der Waals surface area contributed by atoms with Crippen LogP contribution in [0.15, 0.2) is 12.4 Å². The van der Waals surface area contributed by atoms with Crippen molar-refractivity contribution in [1.29, 1.82) is 0 Å². The first-order valence-electron chi connectivity index (χ1n) is 5.63. The minimum absolute atomic E-state index is 0.363. The van der Waals surface area contributed by atoms with Gasteiger partial charge in [0.2, 0.25) is 0 Å². The Hall–Kier alpha value is -1.46. The molecule has 5 nitrogen and oxygen atoms in total. The van der Waals surface area contributed by atoms with Crippen molar-refractivity contribution in [3.8, 4) is 0 Å². The molecule has 2 aromatic heterocycles. The SMILES string of the molecule is Cc1cnc(C(O)Cc2c(C)nn(C)c2Cl)nc1. The van der Waals surface area contributed by atoms with Crippen LogP contribution in [-0.4, -0.2) is 24.9 Å². The summed E-state index contributed by atoms with van der Waals surface area (Å²) in [7, 11) is 1.77. The van der Waals surface area contributed by atoms with E-state index in [9.17, 15) is 5.11 Å². The number of hydrogen-bond donors (Lipinski definition) is 1. The summed E-state index contributed by atoms with van der Waals surface area (Å²) in [6, 6.07) is 0. The zero-order valence-corrected chi connectivity index (χ0v) is 11.3. The predicted molar refractivity (Wildman–Crippen MR) is 68.4 cm³/mol. The van der Waals surface area contributed by atoms with Gasteiger partial charge in [-0.15, -0.1) is 0 Å². The van der Waals surface area contributed by atoms with Gasteiger partial charge in [-0.2, -0.15) is 5.10 Å². The molecule has 1 atom stereocenters. The summed E-state index contributed by atoms with van der Waals surface area (Å²) in [5.41, 5.74) is 2.60. The largest absolute Gasteiger partial charge is 0.385 e. The normalized spacial score (nSPS) is 12.7. The molecule has 1 unspecified atom stereocenters. The second-order valence-corrected chi connectivity index (χ2v) is 4.67. The Kier molecular flexibility index (Phi) is 3.63. The molecule has 2 rings (SSSR count). The molecule has 6 heteroatoms. The van der Waals surface area contributed by atoms with Crippen LogP contribution in [0.25, 0.3) is 0 Å². The lowest BCUT2D eigenvalue weighted by Gasteiger charge is -2.09. The number of aromatic nitrogens is 4. The summed E-state index contributed by atoms with van der Waals surface area (Å²) in [4.78, 5) is 8.22. The van der Waals surface area contributed by atoms with Crippen LogP contribution in [0.4, 0.5) is 0 Å². The van der Waals surface area contributed by atoms with Crippen LogP contribution < -0.4 is 0 Å². The van der Waals surface area contributed by atoms with Gasteiger partial charge in [0.15, 0.2) is 5.82 Å². The lowest BCUT2D eigenvalue weighted by molar-refractivity contribution is 0.168. The van der Waals surface area contributed by atoms with Gasteiger partial charge in [-0.1, -0.05) is 11.6 Å². The van der Waals surface area contributed by atoms with E-state index in [2.05, 4.69) is 15.1 Å². The average Bonchev–Trinajstić information content (AvgIpc) is 2.57. The molecule has 0 spiro atoms. The fourth-order valence-corrected chi connectivity index (χ4v) is 2.02. The van der Waals surface area contributed by atoms with Crippen molar-refractivity contribution in [3.05, 3.63) is 40.2 Å². The molecule has 0 aliphatic rings. The third-order valence-electron chi connectivity index (χ3n) is 2.77. The van der Waals surface area contributed by atoms with Crippen LogP contribution in [0.2, 0.25) is 5.15 Å². The molecule has 0 amide bonds. The van der Waals surface area contributed by atoms with Gasteiger partial charge in [0, 0.05) is 31.4 Å². The van der Waals surface area contributed by atoms with E-state index in [4.69, 9.17) is 11.6 Å². The number of nitrogens with zero attached hydrogens (tertiary/aromatic N) is 4. The standard InChI is InChI=1S/C12H15ClN4O/c1-7-5-14-12(15-6-7)10(18)4-9-8(2)16-17(3)11(9)13/h5-6,10,18H,4H2,1-3H3. The molecular weight excluding hydrogens is 252 g/mol. The summed E-state index contributed by atoms with van der Waals surface area (Å²) in [6.45, 7) is 3.77. The van der Waals surface area contributed by atoms with Crippen molar-refractivity contribution in [1.82, 2.24) is 19.7 Å². The van der Waals surface area contributed by atoms with E-state index in [-0.39, 0.29) is 0 Å². The van der Waals surface area contributed by atoms with E-state index in [1.807, 2.05) is 13.8 Å². The Morgan fingerprint density at radius 1 is 1.33 bits per heavy atom. The maximum absolute atomic E-state index is 10.1. The molecule has 0 aromatic carbocycles. The van der Waals surface area contributed by atoms with E-state index in [1.165, 1.54) is 0 Å². The minimum Gasteiger partial charge on any atom is -0.385 e. The van der Waals surface area contributed by atoms with E-state index >= 15 is 0 Å². The highest BCUT2D eigenvalue weighted by molar-refractivity contribution is 6.30. The number of hydrogen-bond acceptors (Lipinski definition) is 4. The van der Waals surface area contributed by atoms with Gasteiger partial charge in [-0.3, -0.25) is 4.68 Å². The Labute approximate surface area is 110 Å². The first-order chi connectivity index (χ1) is 8.49. The molecule has 2 aromatic rings. The predicted octanol–water partition coefficient (Wildman–Crippen LogP) is 1.76. The van der Waals surface area contributed by atoms with Crippen molar-refractivity contribution in [3.63, 3.8) is 0 Å². The molecule has 0 fully saturated rings. The van der Waals surface area contributed by atoms with Crippen LogP contribution >= 0.6 is 11.6 Å². The molecule has 0 bridgehead atoms. The molecule has 1 N–H and O–H groups in total. The summed E-state index contributed by atoms with van der Waals surface area (Å²) in [5.74, 6) is 0.403. The summed E-state index contributed by atoms with van der Waals surface area (Å²) in [6.07, 6.45) is 2.96. The third-order valence-corrected chi connectivity index (χ3v) is 3.24. The molecule has 0 radical (unpaired) electrons. The maximum atomic E-state index is 10.1. The van der Waals surface area contributed by atoms with E-state index < -0.39 is 6.10 Å². The first-order valence-corrected chi connectivity index (χ1v) is 6.01. The average molecular weight is 267 g/mol. The summed E-state index contributed by atoms with van der Waals surface area (Å²) >= 11 is 6.12. The van der Waals surface area contributed by atoms with Gasteiger partial charge >= 0.3 is 0 Å². The zero-order valence-electron chi connectivity index (χ0n) is 10.6. The number of aliphatic hydroxyl groups is 1. The van der Waals surface area contributed by atoms with Crippen molar-refractivity contribution in [2.75, 3.05) is 0 Å². The van der Waals surface area contributed by atoms with Crippen LogP contribution in [0.3, 0.4) is 0 Å². The Morgan fingerprint density at radius 2 is 1.94 bits per heavy atom. The summed E-state index contributed by atoms with van der Waals surface area (Å²) in [5, 5.41) is 14.8.